The van der Waals surface area contributed by atoms with Crippen molar-refractivity contribution in [3.8, 4) is 0 Å². The minimum Gasteiger partial charge on any atom is -0.394 e. The molecule has 0 aromatic carbocycles. The van der Waals surface area contributed by atoms with Crippen LogP contribution in [-0.2, 0) is 18.6 Å². The zero-order valence-electron chi connectivity index (χ0n) is 7.17. The van der Waals surface area contributed by atoms with Gasteiger partial charge in [0.2, 0.25) is 0 Å². The summed E-state index contributed by atoms with van der Waals surface area (Å²) in [6.45, 7) is 0.0151. The molecule has 0 aliphatic carbocycles. The highest BCUT2D eigenvalue weighted by molar-refractivity contribution is 7.32. The number of rotatable bonds is 4. The summed E-state index contributed by atoms with van der Waals surface area (Å²) in [5.41, 5.74) is 0. The molecule has 7 heteroatoms. The fourth-order valence-electron chi connectivity index (χ4n) is 1.27. The molecule has 0 bridgehead atoms. The van der Waals surface area contributed by atoms with Gasteiger partial charge in [0.05, 0.1) is 13.2 Å². The first-order valence-electron chi connectivity index (χ1n) is 3.84. The van der Waals surface area contributed by atoms with Crippen LogP contribution in [0, 0.1) is 0 Å². The van der Waals surface area contributed by atoms with Gasteiger partial charge in [-0.3, -0.25) is 4.57 Å². The summed E-state index contributed by atoms with van der Waals surface area (Å²) in [6.07, 6.45) is -1.63. The van der Waals surface area contributed by atoms with E-state index in [0.717, 1.165) is 0 Å². The maximum absolute atomic E-state index is 10.4. The van der Waals surface area contributed by atoms with Gasteiger partial charge in [0, 0.05) is 7.11 Å². The monoisotopic (exact) mass is 212 g/mol. The summed E-state index contributed by atoms with van der Waals surface area (Å²) in [5.74, 6) is 0. The van der Waals surface area contributed by atoms with Crippen LogP contribution in [0.5, 0.6) is 0 Å². The number of aliphatic hydroxyl groups is 1. The predicted octanol–water partition coefficient (Wildman–Crippen LogP) is -0.840. The summed E-state index contributed by atoms with van der Waals surface area (Å²) < 4.78 is 25.2. The quantitative estimate of drug-likeness (QED) is 0.591. The molecule has 1 rings (SSSR count). The SMILES string of the molecule is COC1CO[C@H](CO)C1O[PH](=O)O. The van der Waals surface area contributed by atoms with E-state index in [1.807, 2.05) is 0 Å². The van der Waals surface area contributed by atoms with Crippen LogP contribution in [-0.4, -0.2) is 48.6 Å². The molecule has 78 valence electrons. The van der Waals surface area contributed by atoms with Crippen LogP contribution in [0.15, 0.2) is 0 Å². The lowest BCUT2D eigenvalue weighted by molar-refractivity contribution is -0.00107. The second kappa shape index (κ2) is 5.05. The molecule has 0 saturated carbocycles. The number of ether oxygens (including phenoxy) is 2. The second-order valence-electron chi connectivity index (χ2n) is 2.68. The Morgan fingerprint density at radius 1 is 1.69 bits per heavy atom. The van der Waals surface area contributed by atoms with Crippen LogP contribution in [0.3, 0.4) is 0 Å². The molecular weight excluding hydrogens is 199 g/mol. The highest BCUT2D eigenvalue weighted by atomic mass is 31.1. The summed E-state index contributed by atoms with van der Waals surface area (Å²) in [5, 5.41) is 8.83. The average Bonchev–Trinajstić information content (AvgIpc) is 2.46. The minimum absolute atomic E-state index is 0.250. The molecule has 0 aromatic rings. The van der Waals surface area contributed by atoms with Gasteiger partial charge in [-0.15, -0.1) is 0 Å². The zero-order chi connectivity index (χ0) is 9.84. The van der Waals surface area contributed by atoms with Crippen LogP contribution in [0.1, 0.15) is 0 Å². The second-order valence-corrected chi connectivity index (χ2v) is 3.44. The molecular formula is C6H13O6P. The molecule has 1 saturated heterocycles. The molecule has 1 aliphatic rings. The van der Waals surface area contributed by atoms with Gasteiger partial charge in [-0.05, 0) is 0 Å². The van der Waals surface area contributed by atoms with Gasteiger partial charge in [0.1, 0.15) is 18.3 Å². The van der Waals surface area contributed by atoms with Crippen molar-refractivity contribution < 1.29 is 28.6 Å². The van der Waals surface area contributed by atoms with E-state index in [2.05, 4.69) is 0 Å². The maximum atomic E-state index is 10.4. The number of methoxy groups -OCH3 is 1. The Hall–Kier alpha value is 0.0300. The fourth-order valence-corrected chi connectivity index (χ4v) is 1.81. The molecule has 2 N–H and O–H groups in total. The molecule has 0 spiro atoms. The Morgan fingerprint density at radius 2 is 2.38 bits per heavy atom. The first kappa shape index (κ1) is 11.1. The lowest BCUT2D eigenvalue weighted by Crippen LogP contribution is -2.34. The molecule has 1 aliphatic heterocycles. The topological polar surface area (TPSA) is 85.2 Å². The van der Waals surface area contributed by atoms with E-state index in [1.54, 1.807) is 0 Å². The van der Waals surface area contributed by atoms with Gasteiger partial charge in [0.25, 0.3) is 0 Å². The highest BCUT2D eigenvalue weighted by Gasteiger charge is 2.39. The van der Waals surface area contributed by atoms with Crippen molar-refractivity contribution in [2.45, 2.75) is 18.3 Å². The highest BCUT2D eigenvalue weighted by Crippen LogP contribution is 2.28. The Labute approximate surface area is 76.4 Å². The lowest BCUT2D eigenvalue weighted by atomic mass is 10.1. The molecule has 4 atom stereocenters. The van der Waals surface area contributed by atoms with Crippen molar-refractivity contribution in [2.24, 2.45) is 0 Å². The van der Waals surface area contributed by atoms with Crippen LogP contribution < -0.4 is 0 Å². The van der Waals surface area contributed by atoms with E-state index in [0.29, 0.717) is 0 Å². The van der Waals surface area contributed by atoms with Crippen LogP contribution >= 0.6 is 8.25 Å². The molecule has 13 heavy (non-hydrogen) atoms. The maximum Gasteiger partial charge on any atom is 0.317 e. The molecule has 3 unspecified atom stereocenters. The Bertz CT molecular complexity index is 174. The van der Waals surface area contributed by atoms with Crippen molar-refractivity contribution in [3.63, 3.8) is 0 Å². The molecule has 1 fully saturated rings. The Kier molecular flexibility index (Phi) is 4.31. The summed E-state index contributed by atoms with van der Waals surface area (Å²) in [6, 6.07) is 0. The molecule has 0 amide bonds. The average molecular weight is 212 g/mol. The lowest BCUT2D eigenvalue weighted by Gasteiger charge is -2.18. The third kappa shape index (κ3) is 2.74. The summed E-state index contributed by atoms with van der Waals surface area (Å²) in [4.78, 5) is 8.57. The summed E-state index contributed by atoms with van der Waals surface area (Å²) in [7, 11) is -1.57. The molecule has 6 nitrogen and oxygen atoms in total. The van der Waals surface area contributed by atoms with Gasteiger partial charge >= 0.3 is 8.25 Å². The molecule has 0 radical (unpaired) electrons. The van der Waals surface area contributed by atoms with Crippen molar-refractivity contribution >= 4 is 8.25 Å². The van der Waals surface area contributed by atoms with E-state index in [4.69, 9.17) is 24.0 Å². The van der Waals surface area contributed by atoms with Gasteiger partial charge in [-0.25, -0.2) is 0 Å². The zero-order valence-corrected chi connectivity index (χ0v) is 8.17. The number of aliphatic hydroxyl groups excluding tert-OH is 1. The van der Waals surface area contributed by atoms with Crippen molar-refractivity contribution in [2.75, 3.05) is 20.3 Å². The van der Waals surface area contributed by atoms with Crippen molar-refractivity contribution in [1.29, 1.82) is 0 Å². The van der Waals surface area contributed by atoms with E-state index in [9.17, 15) is 4.57 Å². The van der Waals surface area contributed by atoms with Gasteiger partial charge in [0.15, 0.2) is 0 Å². The first-order valence-corrected chi connectivity index (χ1v) is 5.10. The van der Waals surface area contributed by atoms with E-state index >= 15 is 0 Å². The van der Waals surface area contributed by atoms with Gasteiger partial charge < -0.3 is 24.0 Å². The van der Waals surface area contributed by atoms with E-state index < -0.39 is 26.6 Å². The van der Waals surface area contributed by atoms with Crippen LogP contribution in [0.4, 0.5) is 0 Å². The first-order chi connectivity index (χ1) is 6.19. The predicted molar refractivity (Wildman–Crippen MR) is 43.7 cm³/mol. The molecule has 0 aromatic heterocycles. The third-order valence-electron chi connectivity index (χ3n) is 1.93. The van der Waals surface area contributed by atoms with E-state index in [-0.39, 0.29) is 13.2 Å². The third-order valence-corrected chi connectivity index (χ3v) is 2.40. The summed E-state index contributed by atoms with van der Waals surface area (Å²) >= 11 is 0. The smallest absolute Gasteiger partial charge is 0.317 e. The normalized spacial score (nSPS) is 36.4. The minimum atomic E-state index is -3.02. The largest absolute Gasteiger partial charge is 0.394 e. The molecule has 1 heterocycles. The number of hydrogen-bond acceptors (Lipinski definition) is 5. The standard InChI is InChI=1S/C6H13O6P/c1-10-5-3-11-4(2-7)6(5)12-13(8)9/h4-7,13H,2-3H2,1H3,(H,8,9)/t4-,5?,6?/m1/s1. The van der Waals surface area contributed by atoms with E-state index in [1.165, 1.54) is 7.11 Å². The number of hydrogen-bond donors (Lipinski definition) is 2. The Balaban J connectivity index is 2.56. The van der Waals surface area contributed by atoms with Gasteiger partial charge in [-0.2, -0.15) is 0 Å². The Morgan fingerprint density at radius 3 is 2.85 bits per heavy atom. The fraction of sp³-hybridized carbons (Fsp3) is 1.00. The van der Waals surface area contributed by atoms with Crippen LogP contribution in [0.2, 0.25) is 0 Å². The van der Waals surface area contributed by atoms with Crippen LogP contribution in [0.25, 0.3) is 0 Å². The van der Waals surface area contributed by atoms with Crippen molar-refractivity contribution in [3.05, 3.63) is 0 Å². The van der Waals surface area contributed by atoms with Gasteiger partial charge in [-0.1, -0.05) is 0 Å². The van der Waals surface area contributed by atoms with Crippen molar-refractivity contribution in [1.82, 2.24) is 0 Å².